The Kier molecular flexibility index (Phi) is 5.92. The molecule has 0 N–H and O–H groups in total. The van der Waals surface area contributed by atoms with Gasteiger partial charge in [-0.1, -0.05) is 59.0 Å². The van der Waals surface area contributed by atoms with Gasteiger partial charge in [-0.15, -0.1) is 5.10 Å². The minimum absolute atomic E-state index is 0.200. The Morgan fingerprint density at radius 2 is 1.97 bits per heavy atom. The highest BCUT2D eigenvalue weighted by Gasteiger charge is 2.33. The van der Waals surface area contributed by atoms with E-state index in [1.54, 1.807) is 23.1 Å². The molecule has 3 heterocycles. The molecule has 186 valence electrons. The SMILES string of the molecule is CCOC(=O)C1=C(C)N=c2s/c(=C\c3cccc(-n4cc(C5CC5)nn4)c3)c(=O)n2C1c1ccccc1. The molecule has 1 aliphatic carbocycles. The van der Waals surface area contributed by atoms with E-state index < -0.39 is 12.0 Å². The predicted molar refractivity (Wildman–Crippen MR) is 140 cm³/mol. The van der Waals surface area contributed by atoms with Crippen LogP contribution in [0, 0.1) is 0 Å². The van der Waals surface area contributed by atoms with Crippen molar-refractivity contribution in [3.63, 3.8) is 0 Å². The van der Waals surface area contributed by atoms with E-state index in [-0.39, 0.29) is 12.2 Å². The van der Waals surface area contributed by atoms with Gasteiger partial charge in [0.05, 0.1) is 46.0 Å². The molecule has 0 bridgehead atoms. The number of aromatic nitrogens is 4. The molecule has 2 aromatic carbocycles. The number of esters is 1. The second-order valence-electron chi connectivity index (χ2n) is 9.17. The van der Waals surface area contributed by atoms with Gasteiger partial charge in [0.25, 0.3) is 5.56 Å². The van der Waals surface area contributed by atoms with Gasteiger partial charge in [0, 0.05) is 5.92 Å². The lowest BCUT2D eigenvalue weighted by molar-refractivity contribution is -0.139. The molecule has 1 atom stereocenters. The highest BCUT2D eigenvalue weighted by molar-refractivity contribution is 7.07. The molecule has 1 saturated carbocycles. The van der Waals surface area contributed by atoms with Crippen molar-refractivity contribution in [2.45, 2.75) is 38.6 Å². The molecule has 37 heavy (non-hydrogen) atoms. The fraction of sp³-hybridized carbons (Fsp3) is 0.250. The fourth-order valence-corrected chi connectivity index (χ4v) is 5.67. The van der Waals surface area contributed by atoms with Crippen LogP contribution < -0.4 is 14.9 Å². The van der Waals surface area contributed by atoms with Crippen LogP contribution >= 0.6 is 11.3 Å². The molecule has 9 heteroatoms. The van der Waals surface area contributed by atoms with Crippen molar-refractivity contribution in [3.05, 3.63) is 109 Å². The van der Waals surface area contributed by atoms with E-state index in [2.05, 4.69) is 15.3 Å². The summed E-state index contributed by atoms with van der Waals surface area (Å²) < 4.78 is 9.26. The van der Waals surface area contributed by atoms with Crippen LogP contribution in [-0.2, 0) is 9.53 Å². The van der Waals surface area contributed by atoms with Crippen molar-refractivity contribution < 1.29 is 9.53 Å². The first kappa shape index (κ1) is 23.3. The van der Waals surface area contributed by atoms with E-state index in [1.165, 1.54) is 24.2 Å². The maximum absolute atomic E-state index is 13.8. The third-order valence-electron chi connectivity index (χ3n) is 6.57. The summed E-state index contributed by atoms with van der Waals surface area (Å²) in [7, 11) is 0. The zero-order valence-electron chi connectivity index (χ0n) is 20.5. The Morgan fingerprint density at radius 1 is 1.16 bits per heavy atom. The van der Waals surface area contributed by atoms with Gasteiger partial charge in [-0.05, 0) is 56.0 Å². The number of benzene rings is 2. The molecule has 0 amide bonds. The first-order valence-corrected chi connectivity index (χ1v) is 13.1. The summed E-state index contributed by atoms with van der Waals surface area (Å²) >= 11 is 1.31. The van der Waals surface area contributed by atoms with Gasteiger partial charge in [0.1, 0.15) is 0 Å². The summed E-state index contributed by atoms with van der Waals surface area (Å²) in [5, 5.41) is 8.59. The number of allylic oxidation sites excluding steroid dienone is 1. The summed E-state index contributed by atoms with van der Waals surface area (Å²) in [6, 6.07) is 16.7. The second-order valence-corrected chi connectivity index (χ2v) is 10.2. The van der Waals surface area contributed by atoms with Crippen molar-refractivity contribution in [3.8, 4) is 5.69 Å². The smallest absolute Gasteiger partial charge is 0.338 e. The van der Waals surface area contributed by atoms with Crippen molar-refractivity contribution in [1.29, 1.82) is 0 Å². The number of rotatable bonds is 6. The van der Waals surface area contributed by atoms with E-state index >= 15 is 0 Å². The molecule has 0 spiro atoms. The van der Waals surface area contributed by atoms with Gasteiger partial charge in [0.15, 0.2) is 4.80 Å². The number of fused-ring (bicyclic) bond motifs is 1. The number of hydrogen-bond donors (Lipinski definition) is 0. The number of nitrogens with zero attached hydrogens (tertiary/aromatic N) is 5. The van der Waals surface area contributed by atoms with Crippen molar-refractivity contribution in [2.75, 3.05) is 6.61 Å². The molecule has 1 fully saturated rings. The molecule has 6 rings (SSSR count). The molecule has 0 saturated heterocycles. The Balaban J connectivity index is 1.45. The van der Waals surface area contributed by atoms with Gasteiger partial charge in [-0.2, -0.15) is 0 Å². The number of carbonyl (C=O) groups is 1. The Hall–Kier alpha value is -4.11. The van der Waals surface area contributed by atoms with Crippen LogP contribution in [0.5, 0.6) is 0 Å². The summed E-state index contributed by atoms with van der Waals surface area (Å²) in [6.45, 7) is 3.79. The first-order chi connectivity index (χ1) is 18.0. The average molecular weight is 512 g/mol. The molecule has 1 aliphatic heterocycles. The Morgan fingerprint density at radius 3 is 2.73 bits per heavy atom. The topological polar surface area (TPSA) is 91.4 Å². The Bertz CT molecular complexity index is 1710. The van der Waals surface area contributed by atoms with Crippen LogP contribution in [0.3, 0.4) is 0 Å². The minimum Gasteiger partial charge on any atom is -0.463 e. The summed E-state index contributed by atoms with van der Waals surface area (Å²) in [4.78, 5) is 31.9. The molecule has 2 aromatic heterocycles. The van der Waals surface area contributed by atoms with Gasteiger partial charge < -0.3 is 4.74 Å². The summed E-state index contributed by atoms with van der Waals surface area (Å²) in [5.41, 5.74) is 4.33. The van der Waals surface area contributed by atoms with Crippen LogP contribution in [0.2, 0.25) is 0 Å². The standard InChI is InChI=1S/C28H25N5O3S/c1-3-36-27(35)24-17(2)29-28-33(25(24)20-9-5-4-6-10-20)26(34)23(37-28)15-18-8-7-11-21(14-18)32-16-22(30-31-32)19-12-13-19/h4-11,14-16,19,25H,3,12-13H2,1-2H3/b23-15-. The molecular formula is C28H25N5O3S. The van der Waals surface area contributed by atoms with Crippen molar-refractivity contribution >= 4 is 23.4 Å². The van der Waals surface area contributed by atoms with Gasteiger partial charge in [-0.3, -0.25) is 9.36 Å². The van der Waals surface area contributed by atoms with Crippen LogP contribution in [0.1, 0.15) is 55.5 Å². The van der Waals surface area contributed by atoms with Crippen molar-refractivity contribution in [2.24, 2.45) is 4.99 Å². The molecule has 2 aliphatic rings. The highest BCUT2D eigenvalue weighted by Crippen LogP contribution is 2.38. The zero-order valence-corrected chi connectivity index (χ0v) is 21.3. The van der Waals surface area contributed by atoms with E-state index in [9.17, 15) is 9.59 Å². The number of ether oxygens (including phenoxy) is 1. The molecule has 8 nitrogen and oxygen atoms in total. The number of thiazole rings is 1. The lowest BCUT2D eigenvalue weighted by Crippen LogP contribution is -2.39. The zero-order chi connectivity index (χ0) is 25.5. The minimum atomic E-state index is -0.610. The maximum Gasteiger partial charge on any atom is 0.338 e. The monoisotopic (exact) mass is 511 g/mol. The number of carbonyl (C=O) groups excluding carboxylic acids is 1. The largest absolute Gasteiger partial charge is 0.463 e. The quantitative estimate of drug-likeness (QED) is 0.371. The molecule has 0 radical (unpaired) electrons. The lowest BCUT2D eigenvalue weighted by atomic mass is 9.96. The molecule has 1 unspecified atom stereocenters. The fourth-order valence-electron chi connectivity index (χ4n) is 4.62. The first-order valence-electron chi connectivity index (χ1n) is 12.3. The highest BCUT2D eigenvalue weighted by atomic mass is 32.1. The van der Waals surface area contributed by atoms with Crippen LogP contribution in [0.25, 0.3) is 11.8 Å². The third kappa shape index (κ3) is 4.35. The average Bonchev–Trinajstić information content (AvgIpc) is 3.56. The van der Waals surface area contributed by atoms with E-state index in [1.807, 2.05) is 66.9 Å². The second kappa shape index (κ2) is 9.40. The van der Waals surface area contributed by atoms with Crippen LogP contribution in [0.4, 0.5) is 0 Å². The number of hydrogen-bond acceptors (Lipinski definition) is 7. The van der Waals surface area contributed by atoms with E-state index in [0.717, 1.165) is 22.5 Å². The van der Waals surface area contributed by atoms with Crippen molar-refractivity contribution in [1.82, 2.24) is 19.6 Å². The van der Waals surface area contributed by atoms with E-state index in [4.69, 9.17) is 4.74 Å². The normalized spacial score (nSPS) is 17.5. The van der Waals surface area contributed by atoms with Crippen LogP contribution in [-0.4, -0.2) is 32.1 Å². The van der Waals surface area contributed by atoms with Gasteiger partial charge >= 0.3 is 5.97 Å². The summed E-state index contributed by atoms with van der Waals surface area (Å²) in [6.07, 6.45) is 6.17. The Labute approximate surface area is 216 Å². The molecule has 4 aromatic rings. The van der Waals surface area contributed by atoms with Crippen LogP contribution in [0.15, 0.2) is 81.9 Å². The van der Waals surface area contributed by atoms with E-state index in [0.29, 0.717) is 26.5 Å². The maximum atomic E-state index is 13.8. The molecular weight excluding hydrogens is 486 g/mol. The van der Waals surface area contributed by atoms with Gasteiger partial charge in [-0.25, -0.2) is 14.5 Å². The third-order valence-corrected chi connectivity index (χ3v) is 7.55. The lowest BCUT2D eigenvalue weighted by Gasteiger charge is -2.24. The van der Waals surface area contributed by atoms with Gasteiger partial charge in [0.2, 0.25) is 0 Å². The predicted octanol–water partition coefficient (Wildman–Crippen LogP) is 3.26. The summed E-state index contributed by atoms with van der Waals surface area (Å²) in [5.74, 6) is 0.0665.